The highest BCUT2D eigenvalue weighted by atomic mass is 16.5. The highest BCUT2D eigenvalue weighted by molar-refractivity contribution is 5.56. The predicted molar refractivity (Wildman–Crippen MR) is 70.8 cm³/mol. The van der Waals surface area contributed by atoms with Gasteiger partial charge < -0.3 is 10.1 Å². The van der Waals surface area contributed by atoms with Gasteiger partial charge in [0.1, 0.15) is 11.5 Å². The highest BCUT2D eigenvalue weighted by Crippen LogP contribution is 2.21. The molecule has 2 rings (SSSR count). The summed E-state index contributed by atoms with van der Waals surface area (Å²) in [6, 6.07) is 5.54. The third-order valence-electron chi connectivity index (χ3n) is 2.79. The Balaban J connectivity index is 2.53. The summed E-state index contributed by atoms with van der Waals surface area (Å²) in [5.74, 6) is 1.98. The van der Waals surface area contributed by atoms with Gasteiger partial charge in [0.2, 0.25) is 5.88 Å². The van der Waals surface area contributed by atoms with E-state index in [-0.39, 0.29) is 0 Å². The summed E-state index contributed by atoms with van der Waals surface area (Å²) >= 11 is 0. The van der Waals surface area contributed by atoms with E-state index in [4.69, 9.17) is 4.74 Å². The molecule has 0 aliphatic rings. The first-order chi connectivity index (χ1) is 8.65. The lowest BCUT2D eigenvalue weighted by molar-refractivity contribution is 0.398. The van der Waals surface area contributed by atoms with Crippen LogP contribution in [0.4, 0.5) is 5.82 Å². The van der Waals surface area contributed by atoms with Crippen molar-refractivity contribution in [1.29, 1.82) is 0 Å². The topological polar surface area (TPSA) is 59.9 Å². The molecule has 0 aromatic carbocycles. The standard InChI is InChI=1S/C13H16N4O/c1-8-9(2)15-13(17-12(8)14-3)10-6-5-7-11(16-10)18-4/h5-7H,1-4H3,(H,14,15,17). The number of ether oxygens (including phenoxy) is 1. The molecule has 2 aromatic rings. The lowest BCUT2D eigenvalue weighted by atomic mass is 10.2. The Morgan fingerprint density at radius 1 is 1.11 bits per heavy atom. The van der Waals surface area contributed by atoms with Gasteiger partial charge >= 0.3 is 0 Å². The van der Waals surface area contributed by atoms with Gasteiger partial charge in [-0.05, 0) is 19.9 Å². The van der Waals surface area contributed by atoms with Crippen LogP contribution in [0.2, 0.25) is 0 Å². The van der Waals surface area contributed by atoms with Gasteiger partial charge in [-0.15, -0.1) is 0 Å². The summed E-state index contributed by atoms with van der Waals surface area (Å²) in [4.78, 5) is 13.2. The number of methoxy groups -OCH3 is 1. The Kier molecular flexibility index (Phi) is 3.41. The first-order valence-corrected chi connectivity index (χ1v) is 5.70. The first-order valence-electron chi connectivity index (χ1n) is 5.70. The van der Waals surface area contributed by atoms with Gasteiger partial charge in [-0.3, -0.25) is 0 Å². The number of hydrogen-bond acceptors (Lipinski definition) is 5. The van der Waals surface area contributed by atoms with Crippen molar-refractivity contribution < 1.29 is 4.74 Å². The Labute approximate surface area is 106 Å². The van der Waals surface area contributed by atoms with Crippen molar-refractivity contribution in [2.24, 2.45) is 0 Å². The Hall–Kier alpha value is -2.17. The molecule has 0 atom stereocenters. The van der Waals surface area contributed by atoms with Crippen LogP contribution in [-0.4, -0.2) is 29.1 Å². The molecule has 1 N–H and O–H groups in total. The molecule has 0 fully saturated rings. The van der Waals surface area contributed by atoms with Crippen LogP contribution >= 0.6 is 0 Å². The number of pyridine rings is 1. The van der Waals surface area contributed by atoms with Crippen molar-refractivity contribution in [2.75, 3.05) is 19.5 Å². The average molecular weight is 244 g/mol. The van der Waals surface area contributed by atoms with Crippen molar-refractivity contribution in [3.05, 3.63) is 29.5 Å². The fraction of sp³-hybridized carbons (Fsp3) is 0.308. The monoisotopic (exact) mass is 244 g/mol. The van der Waals surface area contributed by atoms with Crippen molar-refractivity contribution in [1.82, 2.24) is 15.0 Å². The molecule has 0 aliphatic heterocycles. The number of nitrogens with one attached hydrogen (secondary N) is 1. The van der Waals surface area contributed by atoms with E-state index in [2.05, 4.69) is 20.3 Å². The molecule has 5 heteroatoms. The van der Waals surface area contributed by atoms with Crippen LogP contribution < -0.4 is 10.1 Å². The highest BCUT2D eigenvalue weighted by Gasteiger charge is 2.10. The molecule has 2 aromatic heterocycles. The van der Waals surface area contributed by atoms with Crippen molar-refractivity contribution in [3.63, 3.8) is 0 Å². The summed E-state index contributed by atoms with van der Waals surface area (Å²) in [5, 5.41) is 3.06. The maximum absolute atomic E-state index is 5.10. The smallest absolute Gasteiger partial charge is 0.213 e. The zero-order valence-corrected chi connectivity index (χ0v) is 11.0. The molecular weight excluding hydrogens is 228 g/mol. The number of anilines is 1. The van der Waals surface area contributed by atoms with E-state index in [1.807, 2.05) is 33.0 Å². The van der Waals surface area contributed by atoms with Gasteiger partial charge in [-0.2, -0.15) is 0 Å². The van der Waals surface area contributed by atoms with Crippen molar-refractivity contribution >= 4 is 5.82 Å². The minimum absolute atomic E-state index is 0.556. The molecule has 0 amide bonds. The summed E-state index contributed by atoms with van der Waals surface area (Å²) in [5.41, 5.74) is 2.69. The Morgan fingerprint density at radius 3 is 2.56 bits per heavy atom. The fourth-order valence-electron chi connectivity index (χ4n) is 1.64. The summed E-state index contributed by atoms with van der Waals surface area (Å²) in [7, 11) is 3.43. The van der Waals surface area contributed by atoms with Crippen LogP contribution in [0.25, 0.3) is 11.5 Å². The molecule has 0 bridgehead atoms. The third kappa shape index (κ3) is 2.25. The molecule has 0 aliphatic carbocycles. The van der Waals surface area contributed by atoms with E-state index >= 15 is 0 Å². The van der Waals surface area contributed by atoms with E-state index in [0.29, 0.717) is 17.4 Å². The third-order valence-corrected chi connectivity index (χ3v) is 2.79. The second kappa shape index (κ2) is 5.00. The maximum Gasteiger partial charge on any atom is 0.213 e. The second-order valence-corrected chi connectivity index (χ2v) is 3.92. The Bertz CT molecular complexity index is 569. The van der Waals surface area contributed by atoms with Crippen molar-refractivity contribution in [2.45, 2.75) is 13.8 Å². The number of aromatic nitrogens is 3. The van der Waals surface area contributed by atoms with E-state index in [1.54, 1.807) is 13.2 Å². The minimum Gasteiger partial charge on any atom is -0.481 e. The SMILES string of the molecule is CNc1nc(-c2cccc(OC)n2)nc(C)c1C. The van der Waals surface area contributed by atoms with Gasteiger partial charge in [-0.25, -0.2) is 15.0 Å². The molecule has 0 saturated carbocycles. The van der Waals surface area contributed by atoms with Gasteiger partial charge in [0.05, 0.1) is 7.11 Å². The Morgan fingerprint density at radius 2 is 1.89 bits per heavy atom. The van der Waals surface area contributed by atoms with Gasteiger partial charge in [0.25, 0.3) is 0 Å². The van der Waals surface area contributed by atoms with Gasteiger partial charge in [0, 0.05) is 24.4 Å². The molecule has 2 heterocycles. The molecule has 5 nitrogen and oxygen atoms in total. The van der Waals surface area contributed by atoms with E-state index in [1.165, 1.54) is 0 Å². The van der Waals surface area contributed by atoms with Crippen LogP contribution in [0, 0.1) is 13.8 Å². The molecule has 0 spiro atoms. The molecule has 18 heavy (non-hydrogen) atoms. The summed E-state index contributed by atoms with van der Waals surface area (Å²) < 4.78 is 5.10. The number of hydrogen-bond donors (Lipinski definition) is 1. The lowest BCUT2D eigenvalue weighted by Gasteiger charge is -2.09. The van der Waals surface area contributed by atoms with E-state index < -0.39 is 0 Å². The predicted octanol–water partition coefficient (Wildman–Crippen LogP) is 2.21. The first kappa shape index (κ1) is 12.3. The summed E-state index contributed by atoms with van der Waals surface area (Å²) in [6.45, 7) is 3.95. The van der Waals surface area contributed by atoms with Crippen LogP contribution in [0.5, 0.6) is 5.88 Å². The van der Waals surface area contributed by atoms with Crippen LogP contribution in [-0.2, 0) is 0 Å². The van der Waals surface area contributed by atoms with Crippen molar-refractivity contribution in [3.8, 4) is 17.4 Å². The number of aryl methyl sites for hydroxylation is 1. The maximum atomic E-state index is 5.10. The normalized spacial score (nSPS) is 10.2. The molecular formula is C13H16N4O. The summed E-state index contributed by atoms with van der Waals surface area (Å²) in [6.07, 6.45) is 0. The quantitative estimate of drug-likeness (QED) is 0.897. The van der Waals surface area contributed by atoms with Gasteiger partial charge in [0.15, 0.2) is 5.82 Å². The largest absolute Gasteiger partial charge is 0.481 e. The van der Waals surface area contributed by atoms with E-state index in [9.17, 15) is 0 Å². The van der Waals surface area contributed by atoms with E-state index in [0.717, 1.165) is 17.1 Å². The van der Waals surface area contributed by atoms with Gasteiger partial charge in [-0.1, -0.05) is 6.07 Å². The number of rotatable bonds is 3. The van der Waals surface area contributed by atoms with Crippen LogP contribution in [0.15, 0.2) is 18.2 Å². The average Bonchev–Trinajstić information content (AvgIpc) is 2.41. The van der Waals surface area contributed by atoms with Crippen LogP contribution in [0.1, 0.15) is 11.3 Å². The molecule has 0 unspecified atom stereocenters. The fourth-order valence-corrected chi connectivity index (χ4v) is 1.64. The minimum atomic E-state index is 0.556. The van der Waals surface area contributed by atoms with Crippen LogP contribution in [0.3, 0.4) is 0 Å². The molecule has 0 radical (unpaired) electrons. The zero-order chi connectivity index (χ0) is 13.1. The molecule has 94 valence electrons. The second-order valence-electron chi connectivity index (χ2n) is 3.92. The zero-order valence-electron chi connectivity index (χ0n) is 11.0. The molecule has 0 saturated heterocycles. The number of nitrogens with zero attached hydrogens (tertiary/aromatic N) is 3. The lowest BCUT2D eigenvalue weighted by Crippen LogP contribution is -2.03.